The van der Waals surface area contributed by atoms with Crippen LogP contribution in [0.5, 0.6) is 0 Å². The number of hydrogen-bond donors (Lipinski definition) is 2. The van der Waals surface area contributed by atoms with Crippen molar-refractivity contribution in [3.8, 4) is 0 Å². The van der Waals surface area contributed by atoms with Gasteiger partial charge in [-0.1, -0.05) is 47.0 Å². The minimum absolute atomic E-state index is 0. The molecule has 0 aliphatic heterocycles. The highest BCUT2D eigenvalue weighted by Gasteiger charge is 2.24. The molecule has 0 spiro atoms. The van der Waals surface area contributed by atoms with Crippen molar-refractivity contribution in [1.29, 1.82) is 0 Å². The molecule has 1 aliphatic carbocycles. The zero-order valence-electron chi connectivity index (χ0n) is 12.8. The first-order valence-electron chi connectivity index (χ1n) is 6.86. The molecule has 4 nitrogen and oxygen atoms in total. The Balaban J connectivity index is -0.000000750. The normalized spacial score (nSPS) is 24.5. The minimum atomic E-state index is 0. The van der Waals surface area contributed by atoms with Gasteiger partial charge in [-0.25, -0.2) is 0 Å². The highest BCUT2D eigenvalue weighted by atomic mass is 16.0. The van der Waals surface area contributed by atoms with Gasteiger partial charge in [-0.05, 0) is 37.1 Å². The monoisotopic (exact) mass is 264 g/mol. The minimum Gasteiger partial charge on any atom is -0.412 e. The molecule has 0 heterocycles. The fraction of sp³-hybridized carbons (Fsp3) is 1.00. The van der Waals surface area contributed by atoms with Crippen molar-refractivity contribution in [2.45, 2.75) is 65.8 Å². The molecule has 0 amide bonds. The molecule has 0 aromatic carbocycles. The van der Waals surface area contributed by atoms with Crippen LogP contribution in [-0.4, -0.2) is 23.5 Å². The summed E-state index contributed by atoms with van der Waals surface area (Å²) in [4.78, 5) is 0. The average molecular weight is 264 g/mol. The van der Waals surface area contributed by atoms with E-state index in [9.17, 15) is 0 Å². The molecule has 8 N–H and O–H groups in total. The summed E-state index contributed by atoms with van der Waals surface area (Å²) in [6.07, 6.45) is 7.21. The Morgan fingerprint density at radius 1 is 1.06 bits per heavy atom. The zero-order chi connectivity index (χ0) is 11.3. The Bertz CT molecular complexity index is 169. The van der Waals surface area contributed by atoms with E-state index in [-0.39, 0.29) is 17.1 Å². The van der Waals surface area contributed by atoms with Crippen LogP contribution in [0.25, 0.3) is 0 Å². The molecule has 18 heavy (non-hydrogen) atoms. The lowest BCUT2D eigenvalue weighted by Crippen LogP contribution is -2.33. The van der Waals surface area contributed by atoms with Crippen LogP contribution in [0.15, 0.2) is 0 Å². The lowest BCUT2D eigenvalue weighted by Gasteiger charge is -2.33. The van der Waals surface area contributed by atoms with E-state index in [0.717, 1.165) is 17.8 Å². The summed E-state index contributed by atoms with van der Waals surface area (Å²) in [6.45, 7) is 10.5. The van der Waals surface area contributed by atoms with Crippen LogP contribution in [0.1, 0.15) is 59.8 Å². The Kier molecular flexibility index (Phi) is 15.2. The second-order valence-electron chi connectivity index (χ2n) is 5.75. The van der Waals surface area contributed by atoms with Crippen LogP contribution in [0.4, 0.5) is 0 Å². The van der Waals surface area contributed by atoms with Crippen LogP contribution in [-0.2, 0) is 0 Å². The topological polar surface area (TPSA) is 110 Å². The molecule has 0 radical (unpaired) electrons. The first-order valence-corrected chi connectivity index (χ1v) is 6.86. The SMILES string of the molecule is CCC(CNC(C)C)C1CCC(C)CC1.N.O.O. The number of rotatable bonds is 5. The smallest absolute Gasteiger partial charge is 0.00104 e. The number of hydrogen-bond acceptors (Lipinski definition) is 2. The van der Waals surface area contributed by atoms with Crippen LogP contribution in [0.2, 0.25) is 0 Å². The molecule has 1 saturated carbocycles. The van der Waals surface area contributed by atoms with Crippen molar-refractivity contribution in [3.63, 3.8) is 0 Å². The summed E-state index contributed by atoms with van der Waals surface area (Å²) >= 11 is 0. The Morgan fingerprint density at radius 3 is 1.94 bits per heavy atom. The van der Waals surface area contributed by atoms with Crippen LogP contribution >= 0.6 is 0 Å². The largest absolute Gasteiger partial charge is 0.412 e. The maximum atomic E-state index is 3.61. The van der Waals surface area contributed by atoms with E-state index in [1.54, 1.807) is 0 Å². The van der Waals surface area contributed by atoms with Gasteiger partial charge in [0.25, 0.3) is 0 Å². The summed E-state index contributed by atoms with van der Waals surface area (Å²) in [5, 5.41) is 3.61. The van der Waals surface area contributed by atoms with Gasteiger partial charge in [0.05, 0.1) is 0 Å². The molecule has 4 heteroatoms. The van der Waals surface area contributed by atoms with Crippen molar-refractivity contribution in [3.05, 3.63) is 0 Å². The van der Waals surface area contributed by atoms with Gasteiger partial charge >= 0.3 is 0 Å². The Morgan fingerprint density at radius 2 is 1.56 bits per heavy atom. The maximum Gasteiger partial charge on any atom is 0.00104 e. The average Bonchev–Trinajstić information content (AvgIpc) is 2.21. The Labute approximate surface area is 113 Å². The molecule has 1 fully saturated rings. The summed E-state index contributed by atoms with van der Waals surface area (Å²) in [5.74, 6) is 2.90. The van der Waals surface area contributed by atoms with Crippen molar-refractivity contribution in [2.24, 2.45) is 17.8 Å². The number of nitrogens with one attached hydrogen (secondary N) is 1. The molecule has 0 aromatic rings. The quantitative estimate of drug-likeness (QED) is 0.794. The molecular weight excluding hydrogens is 228 g/mol. The van der Waals surface area contributed by atoms with Gasteiger partial charge in [0.15, 0.2) is 0 Å². The summed E-state index contributed by atoms with van der Waals surface area (Å²) in [7, 11) is 0. The van der Waals surface area contributed by atoms with Crippen LogP contribution in [0, 0.1) is 17.8 Å². The summed E-state index contributed by atoms with van der Waals surface area (Å²) in [5.41, 5.74) is 0. The van der Waals surface area contributed by atoms with E-state index in [1.165, 1.54) is 38.6 Å². The van der Waals surface area contributed by atoms with Gasteiger partial charge < -0.3 is 22.4 Å². The highest BCUT2D eigenvalue weighted by molar-refractivity contribution is 4.77. The first kappa shape index (κ1) is 23.0. The molecule has 1 unspecified atom stereocenters. The second kappa shape index (κ2) is 11.9. The summed E-state index contributed by atoms with van der Waals surface area (Å²) in [6, 6.07) is 0.640. The molecule has 0 bridgehead atoms. The molecule has 0 aromatic heterocycles. The van der Waals surface area contributed by atoms with E-state index in [4.69, 9.17) is 0 Å². The van der Waals surface area contributed by atoms with E-state index in [0.29, 0.717) is 6.04 Å². The van der Waals surface area contributed by atoms with Crippen LogP contribution < -0.4 is 11.5 Å². The molecular formula is C14H36N2O2. The lowest BCUT2D eigenvalue weighted by molar-refractivity contribution is 0.201. The molecule has 1 rings (SSSR count). The fourth-order valence-electron chi connectivity index (χ4n) is 2.79. The van der Waals surface area contributed by atoms with Crippen LogP contribution in [0.3, 0.4) is 0 Å². The van der Waals surface area contributed by atoms with Gasteiger partial charge in [-0.2, -0.15) is 0 Å². The third-order valence-electron chi connectivity index (χ3n) is 4.04. The zero-order valence-corrected chi connectivity index (χ0v) is 12.8. The Hall–Kier alpha value is -0.160. The molecule has 0 saturated heterocycles. The van der Waals surface area contributed by atoms with E-state index in [1.807, 2.05) is 0 Å². The fourth-order valence-corrected chi connectivity index (χ4v) is 2.79. The standard InChI is InChI=1S/C14H29N.H3N.2H2O/c1-5-13(10-15-11(2)3)14-8-6-12(4)7-9-14;;;/h11-15H,5-10H2,1-4H3;1H3;2*1H2. The molecule has 114 valence electrons. The van der Waals surface area contributed by atoms with Crippen molar-refractivity contribution in [2.75, 3.05) is 6.54 Å². The van der Waals surface area contributed by atoms with Crippen molar-refractivity contribution in [1.82, 2.24) is 11.5 Å². The predicted octanol–water partition coefficient (Wildman–Crippen LogP) is 2.35. The predicted molar refractivity (Wildman–Crippen MR) is 80.3 cm³/mol. The third kappa shape index (κ3) is 8.03. The van der Waals surface area contributed by atoms with E-state index < -0.39 is 0 Å². The molecule has 1 aliphatic rings. The van der Waals surface area contributed by atoms with Crippen molar-refractivity contribution < 1.29 is 11.0 Å². The van der Waals surface area contributed by atoms with Gasteiger partial charge in [0.2, 0.25) is 0 Å². The maximum absolute atomic E-state index is 3.61. The van der Waals surface area contributed by atoms with E-state index >= 15 is 0 Å². The van der Waals surface area contributed by atoms with Gasteiger partial charge in [-0.15, -0.1) is 0 Å². The first-order chi connectivity index (χ1) is 7.13. The highest BCUT2D eigenvalue weighted by Crippen LogP contribution is 2.34. The second-order valence-corrected chi connectivity index (χ2v) is 5.75. The van der Waals surface area contributed by atoms with Gasteiger partial charge in [0.1, 0.15) is 0 Å². The lowest BCUT2D eigenvalue weighted by atomic mass is 9.75. The molecule has 1 atom stereocenters. The van der Waals surface area contributed by atoms with Crippen molar-refractivity contribution >= 4 is 0 Å². The van der Waals surface area contributed by atoms with Gasteiger partial charge in [-0.3, -0.25) is 0 Å². The third-order valence-corrected chi connectivity index (χ3v) is 4.04. The van der Waals surface area contributed by atoms with Gasteiger partial charge in [0, 0.05) is 6.04 Å². The van der Waals surface area contributed by atoms with E-state index in [2.05, 4.69) is 33.0 Å². The summed E-state index contributed by atoms with van der Waals surface area (Å²) < 4.78 is 0.